The van der Waals surface area contributed by atoms with Crippen LogP contribution in [0.15, 0.2) is 22.7 Å². The SMILES string of the molecule is CNCC1Cc2c([nH]c3ccc(Br)cc23)C(NC(=O)OC(C)(C)C)C1. The number of hydrogen-bond donors (Lipinski definition) is 3. The molecule has 1 aliphatic carbocycles. The number of hydrogen-bond acceptors (Lipinski definition) is 3. The minimum atomic E-state index is -0.503. The molecule has 2 unspecified atom stereocenters. The molecule has 1 aliphatic rings. The fourth-order valence-corrected chi connectivity index (χ4v) is 3.97. The molecule has 136 valence electrons. The number of aromatic nitrogens is 1. The van der Waals surface area contributed by atoms with Crippen LogP contribution in [0.5, 0.6) is 0 Å². The Hall–Kier alpha value is -1.53. The normalized spacial score (nSPS) is 20.4. The molecule has 2 atom stereocenters. The number of carbonyl (C=O) groups excluding carboxylic acids is 1. The van der Waals surface area contributed by atoms with E-state index in [0.29, 0.717) is 5.92 Å². The highest BCUT2D eigenvalue weighted by Crippen LogP contribution is 2.38. The lowest BCUT2D eigenvalue weighted by Crippen LogP contribution is -2.39. The average molecular weight is 408 g/mol. The van der Waals surface area contributed by atoms with Crippen molar-refractivity contribution in [3.63, 3.8) is 0 Å². The molecule has 1 amide bonds. The van der Waals surface area contributed by atoms with Gasteiger partial charge < -0.3 is 20.4 Å². The summed E-state index contributed by atoms with van der Waals surface area (Å²) >= 11 is 3.56. The van der Waals surface area contributed by atoms with E-state index in [9.17, 15) is 4.79 Å². The van der Waals surface area contributed by atoms with Crippen LogP contribution in [0.2, 0.25) is 0 Å². The van der Waals surface area contributed by atoms with E-state index in [4.69, 9.17) is 4.74 Å². The predicted molar refractivity (Wildman–Crippen MR) is 104 cm³/mol. The summed E-state index contributed by atoms with van der Waals surface area (Å²) in [6, 6.07) is 6.20. The zero-order valence-corrected chi connectivity index (χ0v) is 16.8. The van der Waals surface area contributed by atoms with E-state index < -0.39 is 5.60 Å². The van der Waals surface area contributed by atoms with Crippen molar-refractivity contribution in [2.24, 2.45) is 5.92 Å². The third-order valence-corrected chi connectivity index (χ3v) is 4.99. The van der Waals surface area contributed by atoms with Crippen molar-refractivity contribution >= 4 is 32.9 Å². The van der Waals surface area contributed by atoms with Crippen LogP contribution in [-0.2, 0) is 11.2 Å². The van der Waals surface area contributed by atoms with E-state index >= 15 is 0 Å². The summed E-state index contributed by atoms with van der Waals surface area (Å²) in [7, 11) is 1.97. The van der Waals surface area contributed by atoms with E-state index in [1.807, 2.05) is 33.9 Å². The van der Waals surface area contributed by atoms with E-state index in [-0.39, 0.29) is 12.1 Å². The molecule has 25 heavy (non-hydrogen) atoms. The molecule has 1 heterocycles. The van der Waals surface area contributed by atoms with Gasteiger partial charge in [-0.3, -0.25) is 0 Å². The number of alkyl carbamates (subject to hydrolysis) is 1. The lowest BCUT2D eigenvalue weighted by atomic mass is 9.83. The number of benzene rings is 1. The maximum absolute atomic E-state index is 12.3. The summed E-state index contributed by atoms with van der Waals surface area (Å²) in [5.41, 5.74) is 3.00. The van der Waals surface area contributed by atoms with Crippen LogP contribution in [0.3, 0.4) is 0 Å². The third-order valence-electron chi connectivity index (χ3n) is 4.50. The number of aromatic amines is 1. The first-order valence-corrected chi connectivity index (χ1v) is 9.50. The molecule has 6 heteroatoms. The number of amides is 1. The van der Waals surface area contributed by atoms with Crippen molar-refractivity contribution in [2.45, 2.75) is 45.3 Å². The van der Waals surface area contributed by atoms with Gasteiger partial charge in [0.05, 0.1) is 6.04 Å². The molecular formula is C19H26BrN3O2. The standard InChI is InChI=1S/C19H26BrN3O2/c1-19(2,3)25-18(24)23-16-8-11(10-21-4)7-14-13-9-12(20)5-6-15(13)22-17(14)16/h5-6,9,11,16,21-22H,7-8,10H2,1-4H3,(H,23,24). The smallest absolute Gasteiger partial charge is 0.408 e. The van der Waals surface area contributed by atoms with Crippen LogP contribution in [0.25, 0.3) is 10.9 Å². The second kappa shape index (κ2) is 7.00. The fraction of sp³-hybridized carbons (Fsp3) is 0.526. The van der Waals surface area contributed by atoms with Crippen LogP contribution in [0, 0.1) is 5.92 Å². The highest BCUT2D eigenvalue weighted by atomic mass is 79.9. The van der Waals surface area contributed by atoms with Gasteiger partial charge >= 0.3 is 6.09 Å². The fourth-order valence-electron chi connectivity index (χ4n) is 3.61. The molecule has 5 nitrogen and oxygen atoms in total. The topological polar surface area (TPSA) is 66.2 Å². The Balaban J connectivity index is 1.93. The molecule has 0 spiro atoms. The zero-order valence-electron chi connectivity index (χ0n) is 15.2. The summed E-state index contributed by atoms with van der Waals surface area (Å²) in [6.07, 6.45) is 1.52. The Labute approximate surface area is 157 Å². The van der Waals surface area contributed by atoms with Gasteiger partial charge in [0.1, 0.15) is 5.60 Å². The van der Waals surface area contributed by atoms with Crippen molar-refractivity contribution in [3.05, 3.63) is 33.9 Å². The highest BCUT2D eigenvalue weighted by Gasteiger charge is 2.32. The van der Waals surface area contributed by atoms with Crippen molar-refractivity contribution in [3.8, 4) is 0 Å². The number of fused-ring (bicyclic) bond motifs is 3. The molecule has 0 bridgehead atoms. The van der Waals surface area contributed by atoms with Gasteiger partial charge in [-0.1, -0.05) is 15.9 Å². The molecule has 1 aromatic heterocycles. The molecule has 2 aromatic rings. The first-order chi connectivity index (χ1) is 11.8. The van der Waals surface area contributed by atoms with Crippen LogP contribution in [0.1, 0.15) is 44.5 Å². The first kappa shape index (κ1) is 18.3. The Morgan fingerprint density at radius 3 is 2.84 bits per heavy atom. The zero-order chi connectivity index (χ0) is 18.2. The van der Waals surface area contributed by atoms with E-state index in [1.54, 1.807) is 0 Å². The van der Waals surface area contributed by atoms with Gasteiger partial charge in [0, 0.05) is 21.1 Å². The van der Waals surface area contributed by atoms with Crippen LogP contribution in [-0.4, -0.2) is 30.3 Å². The third kappa shape index (κ3) is 4.18. The van der Waals surface area contributed by atoms with Crippen LogP contribution < -0.4 is 10.6 Å². The molecular weight excluding hydrogens is 382 g/mol. The summed E-state index contributed by atoms with van der Waals surface area (Å²) in [6.45, 7) is 6.56. The summed E-state index contributed by atoms with van der Waals surface area (Å²) in [5.74, 6) is 0.468. The molecule has 0 saturated carbocycles. The largest absolute Gasteiger partial charge is 0.444 e. The van der Waals surface area contributed by atoms with Crippen molar-refractivity contribution in [1.29, 1.82) is 0 Å². The molecule has 0 fully saturated rings. The molecule has 0 aliphatic heterocycles. The maximum Gasteiger partial charge on any atom is 0.408 e. The second-order valence-corrected chi connectivity index (χ2v) is 8.69. The number of rotatable bonds is 3. The summed E-state index contributed by atoms with van der Waals surface area (Å²) in [4.78, 5) is 15.8. The molecule has 3 rings (SSSR count). The maximum atomic E-state index is 12.3. The number of ether oxygens (including phenoxy) is 1. The number of carbonyl (C=O) groups is 1. The van der Waals surface area contributed by atoms with E-state index in [1.165, 1.54) is 10.9 Å². The van der Waals surface area contributed by atoms with Gasteiger partial charge in [-0.05, 0) is 76.9 Å². The van der Waals surface area contributed by atoms with Crippen LogP contribution in [0.4, 0.5) is 4.79 Å². The molecule has 1 aromatic carbocycles. The Morgan fingerprint density at radius 2 is 2.16 bits per heavy atom. The van der Waals surface area contributed by atoms with Gasteiger partial charge in [-0.2, -0.15) is 0 Å². The van der Waals surface area contributed by atoms with Crippen molar-refractivity contribution in [1.82, 2.24) is 15.6 Å². The van der Waals surface area contributed by atoms with E-state index in [0.717, 1.165) is 35.1 Å². The van der Waals surface area contributed by atoms with E-state index in [2.05, 4.69) is 43.7 Å². The van der Waals surface area contributed by atoms with Gasteiger partial charge in [0.25, 0.3) is 0 Å². The van der Waals surface area contributed by atoms with Crippen molar-refractivity contribution in [2.75, 3.05) is 13.6 Å². The Morgan fingerprint density at radius 1 is 1.40 bits per heavy atom. The minimum Gasteiger partial charge on any atom is -0.444 e. The number of nitrogens with one attached hydrogen (secondary N) is 3. The van der Waals surface area contributed by atoms with Crippen molar-refractivity contribution < 1.29 is 9.53 Å². The lowest BCUT2D eigenvalue weighted by Gasteiger charge is -2.31. The second-order valence-electron chi connectivity index (χ2n) is 7.77. The summed E-state index contributed by atoms with van der Waals surface area (Å²) < 4.78 is 6.52. The van der Waals surface area contributed by atoms with Gasteiger partial charge in [-0.15, -0.1) is 0 Å². The first-order valence-electron chi connectivity index (χ1n) is 8.71. The quantitative estimate of drug-likeness (QED) is 0.711. The lowest BCUT2D eigenvalue weighted by molar-refractivity contribution is 0.0492. The van der Waals surface area contributed by atoms with Gasteiger partial charge in [-0.25, -0.2) is 4.79 Å². The van der Waals surface area contributed by atoms with Crippen LogP contribution >= 0.6 is 15.9 Å². The summed E-state index contributed by atoms with van der Waals surface area (Å²) in [5, 5.41) is 7.56. The van der Waals surface area contributed by atoms with Gasteiger partial charge in [0.2, 0.25) is 0 Å². The predicted octanol–water partition coefficient (Wildman–Crippen LogP) is 4.28. The number of H-pyrrole nitrogens is 1. The monoisotopic (exact) mass is 407 g/mol. The minimum absolute atomic E-state index is 0.0666. The highest BCUT2D eigenvalue weighted by molar-refractivity contribution is 9.10. The average Bonchev–Trinajstić information content (AvgIpc) is 2.84. The Bertz CT molecular complexity index is 779. The van der Waals surface area contributed by atoms with Gasteiger partial charge in [0.15, 0.2) is 0 Å². The molecule has 0 saturated heterocycles. The number of halogens is 1. The Kier molecular flexibility index (Phi) is 5.11. The molecule has 3 N–H and O–H groups in total. The molecule has 0 radical (unpaired) electrons.